The van der Waals surface area contributed by atoms with Crippen LogP contribution in [0.2, 0.25) is 0 Å². The van der Waals surface area contributed by atoms with Crippen molar-refractivity contribution < 1.29 is 21.1 Å². The van der Waals surface area contributed by atoms with E-state index >= 15 is 0 Å². The van der Waals surface area contributed by atoms with Crippen LogP contribution in [0.5, 0.6) is 0 Å². The van der Waals surface area contributed by atoms with Gasteiger partial charge in [-0.05, 0) is 10.8 Å². The molecule has 0 aromatic heterocycles. The van der Waals surface area contributed by atoms with Gasteiger partial charge in [0.2, 0.25) is 0 Å². The standard InChI is InChI=1S/C10H8.C6H6.2C6H5.10C2H6.W/c1-2-6-10-8-4-3-7-9(10)5-1;3*1-2-4-6-5-3-1;10*1-2;/h1-8H;1-6H;2*1-5H;10*1-2H3;/q;;2*-1;;;;;;;;;;;+2. The van der Waals surface area contributed by atoms with Crippen LogP contribution in [0.25, 0.3) is 10.8 Å². The van der Waals surface area contributed by atoms with Gasteiger partial charge in [-0.2, -0.15) is 72.8 Å². The molecule has 0 aliphatic rings. The van der Waals surface area contributed by atoms with Gasteiger partial charge in [0.25, 0.3) is 0 Å². The minimum Gasteiger partial charge on any atom is -0.184 e. The molecule has 0 fully saturated rings. The average molecular weight is 845 g/mol. The Morgan fingerprint density at radius 3 is 0.469 bits per heavy atom. The molecule has 0 N–H and O–H groups in total. The SMILES string of the molecule is CC.CC.CC.CC.CC.CC.CC.CC.CC.CC.[W+2].[c-]1ccccc1.[c-]1ccccc1.c1ccc2ccccc2c1.c1ccccc1. The third kappa shape index (κ3) is 76.4. The monoisotopic (exact) mass is 845 g/mol. The zero-order valence-corrected chi connectivity index (χ0v) is 39.2. The van der Waals surface area contributed by atoms with Crippen molar-refractivity contribution in [3.63, 3.8) is 0 Å². The molecular formula is C48H84W. The Labute approximate surface area is 326 Å². The fraction of sp³-hybridized carbons (Fsp3) is 0.417. The zero-order valence-electron chi connectivity index (χ0n) is 36.3. The molecule has 1 heteroatoms. The summed E-state index contributed by atoms with van der Waals surface area (Å²) in [5.74, 6) is 0. The Balaban J connectivity index is -0.0000000445. The second-order valence-electron chi connectivity index (χ2n) is 5.66. The van der Waals surface area contributed by atoms with E-state index in [1.165, 1.54) is 10.8 Å². The molecule has 0 aliphatic carbocycles. The summed E-state index contributed by atoms with van der Waals surface area (Å²) in [7, 11) is 0. The average Bonchev–Trinajstić information content (AvgIpc) is 3.28. The maximum Gasteiger partial charge on any atom is 2.00 e. The maximum absolute atomic E-state index is 2.89. The molecule has 5 aromatic carbocycles. The quantitative estimate of drug-likeness (QED) is 0.136. The summed E-state index contributed by atoms with van der Waals surface area (Å²) in [4.78, 5) is 0. The zero-order chi connectivity index (χ0) is 39.5. The van der Waals surface area contributed by atoms with E-state index in [0.29, 0.717) is 0 Å². The molecule has 0 amide bonds. The van der Waals surface area contributed by atoms with E-state index in [9.17, 15) is 0 Å². The molecule has 0 saturated carbocycles. The topological polar surface area (TPSA) is 0 Å². The molecule has 0 nitrogen and oxygen atoms in total. The molecule has 0 saturated heterocycles. The molecule has 0 heterocycles. The number of rotatable bonds is 0. The van der Waals surface area contributed by atoms with Gasteiger partial charge in [-0.15, -0.1) is 0 Å². The van der Waals surface area contributed by atoms with Crippen LogP contribution >= 0.6 is 0 Å². The Hall–Kier alpha value is -2.95. The van der Waals surface area contributed by atoms with Crippen molar-refractivity contribution in [3.05, 3.63) is 158 Å². The van der Waals surface area contributed by atoms with Crippen LogP contribution in [0.1, 0.15) is 138 Å². The molecule has 0 unspecified atom stereocenters. The van der Waals surface area contributed by atoms with Crippen molar-refractivity contribution in [1.82, 2.24) is 0 Å². The van der Waals surface area contributed by atoms with Gasteiger partial charge in [0.15, 0.2) is 0 Å². The largest absolute Gasteiger partial charge is 2.00 e. The van der Waals surface area contributed by atoms with Crippen LogP contribution in [-0.2, 0) is 21.1 Å². The van der Waals surface area contributed by atoms with Gasteiger partial charge in [-0.25, -0.2) is 0 Å². The molecule has 0 aliphatic heterocycles. The second-order valence-corrected chi connectivity index (χ2v) is 5.66. The summed E-state index contributed by atoms with van der Waals surface area (Å²) in [5.41, 5.74) is 0. The van der Waals surface area contributed by atoms with Crippen molar-refractivity contribution in [3.8, 4) is 0 Å². The number of benzene rings is 5. The van der Waals surface area contributed by atoms with Crippen molar-refractivity contribution in [2.75, 3.05) is 0 Å². The van der Waals surface area contributed by atoms with Gasteiger partial charge in [-0.1, -0.05) is 223 Å². The van der Waals surface area contributed by atoms with Crippen molar-refractivity contribution in [2.24, 2.45) is 0 Å². The molecule has 49 heavy (non-hydrogen) atoms. The van der Waals surface area contributed by atoms with Crippen molar-refractivity contribution >= 4 is 10.8 Å². The van der Waals surface area contributed by atoms with E-state index in [1.807, 2.05) is 236 Å². The predicted octanol–water partition coefficient (Wildman–Crippen LogP) is 17.8. The smallest absolute Gasteiger partial charge is 0.184 e. The van der Waals surface area contributed by atoms with E-state index in [4.69, 9.17) is 0 Å². The third-order valence-electron chi connectivity index (χ3n) is 3.54. The summed E-state index contributed by atoms with van der Waals surface area (Å²) in [6.07, 6.45) is 0. The van der Waals surface area contributed by atoms with E-state index in [-0.39, 0.29) is 21.1 Å². The van der Waals surface area contributed by atoms with Gasteiger partial charge in [0.05, 0.1) is 0 Å². The Morgan fingerprint density at radius 2 is 0.367 bits per heavy atom. The Morgan fingerprint density at radius 1 is 0.224 bits per heavy atom. The van der Waals surface area contributed by atoms with Crippen LogP contribution in [0.15, 0.2) is 146 Å². The first-order chi connectivity index (χ1) is 24.0. The van der Waals surface area contributed by atoms with Gasteiger partial charge >= 0.3 is 21.1 Å². The molecule has 0 atom stereocenters. The number of hydrogen-bond donors (Lipinski definition) is 0. The van der Waals surface area contributed by atoms with Crippen LogP contribution in [-0.4, -0.2) is 0 Å². The first-order valence-corrected chi connectivity index (χ1v) is 19.2. The Bertz CT molecular complexity index is 732. The van der Waals surface area contributed by atoms with E-state index < -0.39 is 0 Å². The van der Waals surface area contributed by atoms with E-state index in [0.717, 1.165) is 0 Å². The molecule has 0 spiro atoms. The molecule has 5 aromatic rings. The van der Waals surface area contributed by atoms with Crippen molar-refractivity contribution in [1.29, 1.82) is 0 Å². The van der Waals surface area contributed by atoms with Gasteiger partial charge in [0, 0.05) is 0 Å². The fourth-order valence-electron chi connectivity index (χ4n) is 2.20. The first kappa shape index (κ1) is 71.9. The Kier molecular flexibility index (Phi) is 152. The fourth-order valence-corrected chi connectivity index (χ4v) is 2.20. The van der Waals surface area contributed by atoms with Crippen molar-refractivity contribution in [2.45, 2.75) is 138 Å². The summed E-state index contributed by atoms with van der Waals surface area (Å²) in [6, 6.07) is 53.7. The summed E-state index contributed by atoms with van der Waals surface area (Å²) in [5, 5.41) is 2.62. The van der Waals surface area contributed by atoms with Gasteiger partial charge in [0.1, 0.15) is 0 Å². The maximum atomic E-state index is 2.89. The van der Waals surface area contributed by atoms with Gasteiger partial charge in [-0.3, -0.25) is 0 Å². The summed E-state index contributed by atoms with van der Waals surface area (Å²) < 4.78 is 0. The third-order valence-corrected chi connectivity index (χ3v) is 3.54. The van der Waals surface area contributed by atoms with E-state index in [2.05, 4.69) is 60.7 Å². The molecule has 5 rings (SSSR count). The minimum atomic E-state index is 0. The minimum absolute atomic E-state index is 0. The number of hydrogen-bond acceptors (Lipinski definition) is 0. The first-order valence-electron chi connectivity index (χ1n) is 19.2. The van der Waals surface area contributed by atoms with Crippen LogP contribution in [0, 0.1) is 12.1 Å². The molecular weight excluding hydrogens is 760 g/mol. The molecule has 0 radical (unpaired) electrons. The van der Waals surface area contributed by atoms with Crippen LogP contribution < -0.4 is 0 Å². The van der Waals surface area contributed by atoms with Crippen LogP contribution in [0.3, 0.4) is 0 Å². The van der Waals surface area contributed by atoms with Crippen LogP contribution in [0.4, 0.5) is 0 Å². The van der Waals surface area contributed by atoms with Gasteiger partial charge < -0.3 is 0 Å². The summed E-state index contributed by atoms with van der Waals surface area (Å²) >= 11 is 0. The molecule has 282 valence electrons. The predicted molar refractivity (Wildman–Crippen MR) is 234 cm³/mol. The van der Waals surface area contributed by atoms with E-state index in [1.54, 1.807) is 0 Å². The second kappa shape index (κ2) is 104. The normalized spacial score (nSPS) is 6.20. The summed E-state index contributed by atoms with van der Waals surface area (Å²) in [6.45, 7) is 40.0. The molecule has 0 bridgehead atoms. The number of fused-ring (bicyclic) bond motifs is 1.